The van der Waals surface area contributed by atoms with Gasteiger partial charge < -0.3 is 5.73 Å². The lowest BCUT2D eigenvalue weighted by atomic mass is 10.0. The van der Waals surface area contributed by atoms with Crippen molar-refractivity contribution < 1.29 is 4.79 Å². The van der Waals surface area contributed by atoms with Gasteiger partial charge in [0.1, 0.15) is 0 Å². The van der Waals surface area contributed by atoms with Gasteiger partial charge in [0.05, 0.1) is 6.04 Å². The van der Waals surface area contributed by atoms with Crippen molar-refractivity contribution in [3.63, 3.8) is 0 Å². The van der Waals surface area contributed by atoms with E-state index in [2.05, 4.69) is 27.0 Å². The lowest BCUT2D eigenvalue weighted by Gasteiger charge is -2.16. The monoisotopic (exact) mass is 309 g/mol. The smallest absolute Gasteiger partial charge is 0.216 e. The minimum absolute atomic E-state index is 0.0462. The van der Waals surface area contributed by atoms with E-state index in [1.165, 1.54) is 17.7 Å². The maximum absolute atomic E-state index is 10.7. The number of amides is 1. The summed E-state index contributed by atoms with van der Waals surface area (Å²) in [6, 6.07) is 8.12. The Morgan fingerprint density at radius 2 is 2.33 bits per heavy atom. The zero-order valence-corrected chi connectivity index (χ0v) is 11.8. The van der Waals surface area contributed by atoms with E-state index in [4.69, 9.17) is 5.73 Å². The molecule has 1 fully saturated rings. The van der Waals surface area contributed by atoms with Gasteiger partial charge in [0, 0.05) is 11.5 Å². The molecule has 0 radical (unpaired) electrons. The van der Waals surface area contributed by atoms with Crippen molar-refractivity contribution in [1.29, 1.82) is 0 Å². The number of hydrogen-bond acceptors (Lipinski definition) is 2. The molecule has 1 aliphatic carbocycles. The summed E-state index contributed by atoms with van der Waals surface area (Å²) < 4.78 is 1.03. The summed E-state index contributed by atoms with van der Waals surface area (Å²) >= 11 is 3.46. The molecule has 1 saturated carbocycles. The van der Waals surface area contributed by atoms with E-state index in [0.29, 0.717) is 12.3 Å². The molecule has 1 aliphatic rings. The van der Waals surface area contributed by atoms with Crippen LogP contribution >= 0.6 is 15.9 Å². The normalized spacial score (nSPS) is 17.3. The van der Waals surface area contributed by atoms with Gasteiger partial charge in [-0.25, -0.2) is 4.99 Å². The molecule has 1 amide bonds. The van der Waals surface area contributed by atoms with E-state index in [0.717, 1.165) is 10.0 Å². The second kappa shape index (κ2) is 5.52. The predicted molar refractivity (Wildman–Crippen MR) is 75.1 cm³/mol. The summed E-state index contributed by atoms with van der Waals surface area (Å²) in [5, 5.41) is 0. The fraction of sp³-hybridized carbons (Fsp3) is 0.385. The Labute approximate surface area is 115 Å². The summed E-state index contributed by atoms with van der Waals surface area (Å²) in [7, 11) is 1.61. The molecule has 1 aromatic carbocycles. The highest BCUT2D eigenvalue weighted by atomic mass is 79.9. The third-order valence-electron chi connectivity index (χ3n) is 3.05. The number of guanidine groups is 1. The van der Waals surface area contributed by atoms with E-state index in [-0.39, 0.29) is 12.0 Å². The average Bonchev–Trinajstić information content (AvgIpc) is 3.18. The Bertz CT molecular complexity index is 471. The first-order valence-corrected chi connectivity index (χ1v) is 6.68. The summed E-state index contributed by atoms with van der Waals surface area (Å²) in [5.41, 5.74) is 6.94. The highest BCUT2D eigenvalue weighted by Gasteiger charge is 2.32. The van der Waals surface area contributed by atoms with E-state index < -0.39 is 0 Å². The number of nitrogens with two attached hydrogens (primary N) is 1. The molecule has 0 aliphatic heterocycles. The van der Waals surface area contributed by atoms with Crippen LogP contribution in [0.1, 0.15) is 24.4 Å². The lowest BCUT2D eigenvalue weighted by Crippen LogP contribution is -2.33. The van der Waals surface area contributed by atoms with Gasteiger partial charge >= 0.3 is 0 Å². The SMILES string of the molecule is CN(C=O)C(N)=N[C@H](c1cccc(Br)c1)C1CC1. The number of nitrogens with zero attached hydrogens (tertiary/aromatic N) is 2. The minimum atomic E-state index is 0.0462. The van der Waals surface area contributed by atoms with Crippen LogP contribution in [0.5, 0.6) is 0 Å². The first-order valence-electron chi connectivity index (χ1n) is 5.88. The highest BCUT2D eigenvalue weighted by Crippen LogP contribution is 2.43. The van der Waals surface area contributed by atoms with Crippen molar-refractivity contribution in [2.24, 2.45) is 16.6 Å². The summed E-state index contributed by atoms with van der Waals surface area (Å²) in [4.78, 5) is 16.4. The van der Waals surface area contributed by atoms with Crippen LogP contribution in [-0.2, 0) is 4.79 Å². The Balaban J connectivity index is 2.26. The number of carbonyl (C=O) groups excluding carboxylic acids is 1. The molecule has 0 bridgehead atoms. The number of benzene rings is 1. The predicted octanol–water partition coefficient (Wildman–Crippen LogP) is 2.30. The average molecular weight is 310 g/mol. The van der Waals surface area contributed by atoms with Gasteiger partial charge in [-0.05, 0) is 36.5 Å². The first-order chi connectivity index (χ1) is 8.61. The number of carbonyl (C=O) groups is 1. The lowest BCUT2D eigenvalue weighted by molar-refractivity contribution is -0.114. The molecule has 4 nitrogen and oxygen atoms in total. The molecule has 0 unspecified atom stereocenters. The Morgan fingerprint density at radius 1 is 1.61 bits per heavy atom. The van der Waals surface area contributed by atoms with Crippen LogP contribution in [0.4, 0.5) is 0 Å². The van der Waals surface area contributed by atoms with E-state index >= 15 is 0 Å². The van der Waals surface area contributed by atoms with Crippen molar-refractivity contribution >= 4 is 28.3 Å². The standard InChI is InChI=1S/C13H16BrN3O/c1-17(8-18)13(15)16-12(9-5-6-9)10-3-2-4-11(14)7-10/h2-4,7-9,12H,5-6H2,1H3,(H2,15,16)/t12-/m0/s1. The summed E-state index contributed by atoms with van der Waals surface area (Å²) in [6.07, 6.45) is 3.00. The molecule has 0 saturated heterocycles. The quantitative estimate of drug-likeness (QED) is 0.527. The molecule has 1 atom stereocenters. The molecule has 18 heavy (non-hydrogen) atoms. The van der Waals surface area contributed by atoms with Gasteiger partial charge in [-0.1, -0.05) is 28.1 Å². The molecule has 2 rings (SSSR count). The van der Waals surface area contributed by atoms with E-state index in [1.807, 2.05) is 18.2 Å². The fourth-order valence-corrected chi connectivity index (χ4v) is 2.26. The molecule has 0 aromatic heterocycles. The molecule has 0 heterocycles. The molecule has 96 valence electrons. The number of halogens is 1. The van der Waals surface area contributed by atoms with E-state index in [9.17, 15) is 4.79 Å². The third kappa shape index (κ3) is 3.10. The van der Waals surface area contributed by atoms with Crippen LogP contribution in [-0.4, -0.2) is 24.3 Å². The fourth-order valence-electron chi connectivity index (χ4n) is 1.84. The second-order valence-corrected chi connectivity index (χ2v) is 5.46. The Kier molecular flexibility index (Phi) is 4.01. The van der Waals surface area contributed by atoms with E-state index in [1.54, 1.807) is 7.05 Å². The second-order valence-electron chi connectivity index (χ2n) is 4.54. The summed E-state index contributed by atoms with van der Waals surface area (Å²) in [6.45, 7) is 0. The van der Waals surface area contributed by atoms with Gasteiger partial charge in [-0.15, -0.1) is 0 Å². The van der Waals surface area contributed by atoms with Crippen LogP contribution in [0.15, 0.2) is 33.7 Å². The van der Waals surface area contributed by atoms with Crippen LogP contribution in [0.3, 0.4) is 0 Å². The Morgan fingerprint density at radius 3 is 2.89 bits per heavy atom. The third-order valence-corrected chi connectivity index (χ3v) is 3.54. The number of aliphatic imine (C=N–C) groups is 1. The maximum atomic E-state index is 10.7. The number of rotatable bonds is 4. The van der Waals surface area contributed by atoms with Crippen molar-refractivity contribution in [2.75, 3.05) is 7.05 Å². The molecule has 5 heteroatoms. The number of hydrogen-bond donors (Lipinski definition) is 1. The van der Waals surface area contributed by atoms with Crippen molar-refractivity contribution in [3.05, 3.63) is 34.3 Å². The van der Waals surface area contributed by atoms with Crippen LogP contribution in [0.2, 0.25) is 0 Å². The van der Waals surface area contributed by atoms with Gasteiger partial charge in [0.2, 0.25) is 6.41 Å². The van der Waals surface area contributed by atoms with Crippen LogP contribution in [0.25, 0.3) is 0 Å². The van der Waals surface area contributed by atoms with Crippen molar-refractivity contribution in [1.82, 2.24) is 4.90 Å². The molecular weight excluding hydrogens is 294 g/mol. The topological polar surface area (TPSA) is 58.7 Å². The molecular formula is C13H16BrN3O. The minimum Gasteiger partial charge on any atom is -0.369 e. The van der Waals surface area contributed by atoms with Gasteiger partial charge in [0.25, 0.3) is 0 Å². The largest absolute Gasteiger partial charge is 0.369 e. The van der Waals surface area contributed by atoms with Crippen LogP contribution in [0, 0.1) is 5.92 Å². The van der Waals surface area contributed by atoms with Gasteiger partial charge in [0.15, 0.2) is 5.96 Å². The summed E-state index contributed by atoms with van der Waals surface area (Å²) in [5.74, 6) is 0.805. The highest BCUT2D eigenvalue weighted by molar-refractivity contribution is 9.10. The Hall–Kier alpha value is -1.36. The molecule has 0 spiro atoms. The zero-order chi connectivity index (χ0) is 13.1. The van der Waals surface area contributed by atoms with Gasteiger partial charge in [-0.3, -0.25) is 9.69 Å². The van der Waals surface area contributed by atoms with Crippen LogP contribution < -0.4 is 5.73 Å². The van der Waals surface area contributed by atoms with Crippen molar-refractivity contribution in [3.8, 4) is 0 Å². The maximum Gasteiger partial charge on any atom is 0.216 e. The first kappa shape index (κ1) is 13.1. The molecule has 2 N–H and O–H groups in total. The zero-order valence-electron chi connectivity index (χ0n) is 10.2. The molecule has 1 aromatic rings. The van der Waals surface area contributed by atoms with Crippen molar-refractivity contribution in [2.45, 2.75) is 18.9 Å². The van der Waals surface area contributed by atoms with Gasteiger partial charge in [-0.2, -0.15) is 0 Å².